The predicted octanol–water partition coefficient (Wildman–Crippen LogP) is 4.53. The molecule has 19 heavy (non-hydrogen) atoms. The van der Waals surface area contributed by atoms with Crippen LogP contribution in [-0.4, -0.2) is 10.9 Å². The molecule has 1 aromatic carbocycles. The average Bonchev–Trinajstić information content (AvgIpc) is 2.29. The topological polar surface area (TPSA) is 17.1 Å². The van der Waals surface area contributed by atoms with Crippen LogP contribution in [0.25, 0.3) is 6.08 Å². The van der Waals surface area contributed by atoms with Crippen molar-refractivity contribution in [2.24, 2.45) is 0 Å². The summed E-state index contributed by atoms with van der Waals surface area (Å²) in [5.41, 5.74) is -0.991. The summed E-state index contributed by atoms with van der Waals surface area (Å²) >= 11 is 1.11. The molecule has 0 fully saturated rings. The van der Waals surface area contributed by atoms with Crippen molar-refractivity contribution in [1.82, 2.24) is 0 Å². The maximum Gasteiger partial charge on any atom is 0.416 e. The molecule has 0 N–H and O–H groups in total. The van der Waals surface area contributed by atoms with Gasteiger partial charge in [-0.3, -0.25) is 4.79 Å². The summed E-state index contributed by atoms with van der Waals surface area (Å²) < 4.78 is 50.6. The van der Waals surface area contributed by atoms with Gasteiger partial charge < -0.3 is 0 Å². The molecule has 0 amide bonds. The van der Waals surface area contributed by atoms with Crippen LogP contribution < -0.4 is 0 Å². The Balaban J connectivity index is 2.72. The van der Waals surface area contributed by atoms with Crippen LogP contribution in [0.4, 0.5) is 17.6 Å². The highest BCUT2D eigenvalue weighted by molar-refractivity contribution is 8.13. The van der Waals surface area contributed by atoms with E-state index < -0.39 is 17.6 Å². The summed E-state index contributed by atoms with van der Waals surface area (Å²) in [4.78, 5) is 10.6. The van der Waals surface area contributed by atoms with E-state index >= 15 is 0 Å². The Morgan fingerprint density at radius 2 is 2.05 bits per heavy atom. The van der Waals surface area contributed by atoms with Crippen LogP contribution in [0.3, 0.4) is 0 Å². The van der Waals surface area contributed by atoms with Gasteiger partial charge in [0.15, 0.2) is 5.12 Å². The molecule has 1 nitrogen and oxygen atoms in total. The number of hydrogen-bond donors (Lipinski definition) is 0. The second kappa shape index (κ2) is 6.75. The van der Waals surface area contributed by atoms with E-state index in [1.165, 1.54) is 13.0 Å². The molecule has 0 atom stereocenters. The second-order valence-corrected chi connectivity index (χ2v) is 5.04. The molecule has 0 aliphatic heterocycles. The van der Waals surface area contributed by atoms with Crippen LogP contribution in [0.5, 0.6) is 0 Å². The number of halogens is 4. The molecule has 0 aromatic heterocycles. The van der Waals surface area contributed by atoms with Crippen molar-refractivity contribution in [3.05, 3.63) is 41.2 Å². The smallest absolute Gasteiger partial charge is 0.288 e. The van der Waals surface area contributed by atoms with E-state index in [1.807, 2.05) is 0 Å². The van der Waals surface area contributed by atoms with Crippen molar-refractivity contribution in [3.63, 3.8) is 0 Å². The van der Waals surface area contributed by atoms with E-state index in [0.29, 0.717) is 18.2 Å². The highest BCUT2D eigenvalue weighted by Gasteiger charge is 2.30. The van der Waals surface area contributed by atoms with Gasteiger partial charge in [0.2, 0.25) is 0 Å². The molecule has 1 rings (SSSR count). The Kier molecular flexibility index (Phi) is 5.60. The maximum atomic E-state index is 13.3. The summed E-state index contributed by atoms with van der Waals surface area (Å²) in [6.45, 7) is 1.43. The van der Waals surface area contributed by atoms with E-state index in [4.69, 9.17) is 0 Å². The molecule has 0 saturated heterocycles. The van der Waals surface area contributed by atoms with Crippen molar-refractivity contribution < 1.29 is 22.4 Å². The fourth-order valence-corrected chi connectivity index (χ4v) is 1.87. The van der Waals surface area contributed by atoms with Gasteiger partial charge in [-0.25, -0.2) is 4.39 Å². The minimum Gasteiger partial charge on any atom is -0.288 e. The van der Waals surface area contributed by atoms with E-state index in [2.05, 4.69) is 0 Å². The molecule has 0 heterocycles. The first kappa shape index (κ1) is 15.8. The van der Waals surface area contributed by atoms with Crippen molar-refractivity contribution in [2.45, 2.75) is 19.5 Å². The van der Waals surface area contributed by atoms with Gasteiger partial charge in [0.25, 0.3) is 0 Å². The van der Waals surface area contributed by atoms with Gasteiger partial charge in [-0.05, 0) is 24.6 Å². The lowest BCUT2D eigenvalue weighted by molar-refractivity contribution is -0.137. The molecular weight excluding hydrogens is 280 g/mol. The first-order valence-electron chi connectivity index (χ1n) is 5.47. The van der Waals surface area contributed by atoms with Gasteiger partial charge in [0.05, 0.1) is 5.56 Å². The van der Waals surface area contributed by atoms with Crippen LogP contribution >= 0.6 is 11.8 Å². The number of rotatable bonds is 4. The zero-order valence-electron chi connectivity index (χ0n) is 10.1. The Morgan fingerprint density at radius 1 is 1.37 bits per heavy atom. The molecule has 6 heteroatoms. The Bertz CT molecular complexity index is 480. The van der Waals surface area contributed by atoms with Crippen LogP contribution in [0.1, 0.15) is 24.5 Å². The standard InChI is InChI=1S/C13H12F4OS/c1-9(18)19-7-3-2-4-10-8-11(13(15,16)17)5-6-12(10)14/h2,4-6,8H,3,7H2,1H3. The van der Waals surface area contributed by atoms with E-state index in [-0.39, 0.29) is 10.7 Å². The summed E-state index contributed by atoms with van der Waals surface area (Å²) in [7, 11) is 0. The minimum atomic E-state index is -4.49. The lowest BCUT2D eigenvalue weighted by Gasteiger charge is -2.07. The molecule has 0 spiro atoms. The number of benzene rings is 1. The van der Waals surface area contributed by atoms with Crippen molar-refractivity contribution in [1.29, 1.82) is 0 Å². The van der Waals surface area contributed by atoms with Gasteiger partial charge in [0.1, 0.15) is 5.82 Å². The van der Waals surface area contributed by atoms with Crippen molar-refractivity contribution in [3.8, 4) is 0 Å². The molecule has 0 radical (unpaired) electrons. The van der Waals surface area contributed by atoms with Gasteiger partial charge in [-0.1, -0.05) is 23.9 Å². The number of thioether (sulfide) groups is 1. The third-order valence-corrected chi connectivity index (χ3v) is 3.06. The van der Waals surface area contributed by atoms with Gasteiger partial charge in [-0.15, -0.1) is 0 Å². The normalized spacial score (nSPS) is 12.1. The SMILES string of the molecule is CC(=O)SCCC=Cc1cc(C(F)(F)F)ccc1F. The number of carbonyl (C=O) groups excluding carboxylic acids is 1. The summed E-state index contributed by atoms with van der Waals surface area (Å²) in [6, 6.07) is 2.27. The fraction of sp³-hybridized carbons (Fsp3) is 0.308. The quantitative estimate of drug-likeness (QED) is 0.599. The minimum absolute atomic E-state index is 0.0290. The summed E-state index contributed by atoms with van der Waals surface area (Å²) in [6.07, 6.45) is -1.15. The molecule has 0 aliphatic rings. The van der Waals surface area contributed by atoms with E-state index in [9.17, 15) is 22.4 Å². The average molecular weight is 292 g/mol. The van der Waals surface area contributed by atoms with Gasteiger partial charge in [0, 0.05) is 18.2 Å². The molecule has 1 aromatic rings. The zero-order valence-corrected chi connectivity index (χ0v) is 10.9. The maximum absolute atomic E-state index is 13.3. The highest BCUT2D eigenvalue weighted by Crippen LogP contribution is 2.30. The van der Waals surface area contributed by atoms with Crippen LogP contribution in [0.2, 0.25) is 0 Å². The van der Waals surface area contributed by atoms with Crippen LogP contribution in [0, 0.1) is 5.82 Å². The van der Waals surface area contributed by atoms with Crippen LogP contribution in [-0.2, 0) is 11.0 Å². The summed E-state index contributed by atoms with van der Waals surface area (Å²) in [5.74, 6) is -0.185. The third kappa shape index (κ3) is 5.46. The predicted molar refractivity (Wildman–Crippen MR) is 68.2 cm³/mol. The van der Waals surface area contributed by atoms with E-state index in [0.717, 1.165) is 23.9 Å². The largest absolute Gasteiger partial charge is 0.416 e. The number of hydrogen-bond acceptors (Lipinski definition) is 2. The molecule has 0 bridgehead atoms. The first-order chi connectivity index (χ1) is 8.80. The van der Waals surface area contributed by atoms with E-state index in [1.54, 1.807) is 6.08 Å². The number of allylic oxidation sites excluding steroid dienone is 1. The number of alkyl halides is 3. The molecule has 0 aliphatic carbocycles. The lowest BCUT2D eigenvalue weighted by atomic mass is 10.1. The molecule has 0 unspecified atom stereocenters. The van der Waals surface area contributed by atoms with Crippen molar-refractivity contribution in [2.75, 3.05) is 5.75 Å². The molecule has 104 valence electrons. The second-order valence-electron chi connectivity index (χ2n) is 3.77. The molecule has 0 saturated carbocycles. The first-order valence-corrected chi connectivity index (χ1v) is 6.46. The third-order valence-electron chi connectivity index (χ3n) is 2.21. The summed E-state index contributed by atoms with van der Waals surface area (Å²) in [5, 5.41) is -0.0290. The van der Waals surface area contributed by atoms with Crippen LogP contribution in [0.15, 0.2) is 24.3 Å². The monoisotopic (exact) mass is 292 g/mol. The fourth-order valence-electron chi connectivity index (χ4n) is 1.33. The Hall–Kier alpha value is -1.30. The van der Waals surface area contributed by atoms with Gasteiger partial charge in [-0.2, -0.15) is 13.2 Å². The highest BCUT2D eigenvalue weighted by atomic mass is 32.2. The number of carbonyl (C=O) groups is 1. The zero-order chi connectivity index (χ0) is 14.5. The Labute approximate surface area is 112 Å². The Morgan fingerprint density at radius 3 is 2.63 bits per heavy atom. The lowest BCUT2D eigenvalue weighted by Crippen LogP contribution is -2.05. The van der Waals surface area contributed by atoms with Crippen molar-refractivity contribution >= 4 is 23.0 Å². The molecular formula is C13H12F4OS. The van der Waals surface area contributed by atoms with Gasteiger partial charge >= 0.3 is 6.18 Å².